The first kappa shape index (κ1) is 52.2. The maximum atomic E-state index is 12.0. The molecule has 18 nitrogen and oxygen atoms in total. The lowest BCUT2D eigenvalue weighted by atomic mass is 9.91. The molecule has 0 bridgehead atoms. The van der Waals surface area contributed by atoms with Gasteiger partial charge in [-0.15, -0.1) is 0 Å². The fourth-order valence-corrected chi connectivity index (χ4v) is 6.33. The first-order valence-electron chi connectivity index (χ1n) is 20.8. The number of rotatable bonds is 14. The second kappa shape index (κ2) is 26.4. The average molecular weight is 926 g/mol. The minimum absolute atomic E-state index is 0.0586. The first-order valence-corrected chi connectivity index (χ1v) is 21.9. The van der Waals surface area contributed by atoms with Gasteiger partial charge in [-0.2, -0.15) is 9.97 Å². The summed E-state index contributed by atoms with van der Waals surface area (Å²) in [5.41, 5.74) is 6.29. The van der Waals surface area contributed by atoms with E-state index < -0.39 is 11.2 Å². The molecule has 2 aromatic rings. The van der Waals surface area contributed by atoms with Crippen molar-refractivity contribution in [2.75, 3.05) is 61.0 Å². The fourth-order valence-electron chi connectivity index (χ4n) is 6.17. The summed E-state index contributed by atoms with van der Waals surface area (Å²) in [4.78, 5) is 54.4. The molecule has 61 heavy (non-hydrogen) atoms. The second-order valence-corrected chi connectivity index (χ2v) is 16.9. The van der Waals surface area contributed by atoms with E-state index in [9.17, 15) is 19.2 Å². The Kier molecular flexibility index (Phi) is 22.6. The molecule has 2 aliphatic carbocycles. The zero-order valence-electron chi connectivity index (χ0n) is 37.5. The van der Waals surface area contributed by atoms with Crippen molar-refractivity contribution in [1.29, 1.82) is 0 Å². The van der Waals surface area contributed by atoms with Gasteiger partial charge in [-0.25, -0.2) is 9.59 Å². The summed E-state index contributed by atoms with van der Waals surface area (Å²) >= 11 is 2.94. The molecule has 2 aliphatic rings. The van der Waals surface area contributed by atoms with Gasteiger partial charge in [0.1, 0.15) is 23.1 Å². The number of alkyl carbamates (subject to hydrolysis) is 2. The molecule has 0 spiro atoms. The third-order valence-corrected chi connectivity index (χ3v) is 9.37. The number of carbonyl (C=O) groups excluding carboxylic acids is 4. The summed E-state index contributed by atoms with van der Waals surface area (Å²) in [6.45, 7) is 15.5. The number of aromatic nitrogens is 2. The topological polar surface area (TPSA) is 236 Å². The highest BCUT2D eigenvalue weighted by molar-refractivity contribution is 9.09. The zero-order valence-corrected chi connectivity index (χ0v) is 39.1. The van der Waals surface area contributed by atoms with Crippen LogP contribution in [-0.2, 0) is 28.5 Å². The number of amides is 2. The number of esters is 2. The number of hydrogen-bond acceptors (Lipinski definition) is 16. The predicted molar refractivity (Wildman–Crippen MR) is 240 cm³/mol. The maximum Gasteiger partial charge on any atom is 0.407 e. The number of nitrogens with two attached hydrogens (primary N) is 1. The number of carbonyl (C=O) groups is 4. The number of hydrogen-bond donors (Lipinski definition) is 6. The van der Waals surface area contributed by atoms with Gasteiger partial charge in [-0.3, -0.25) is 9.59 Å². The maximum absolute atomic E-state index is 12.0. The van der Waals surface area contributed by atoms with Crippen LogP contribution in [-0.4, -0.2) is 109 Å². The minimum atomic E-state index is -0.506. The van der Waals surface area contributed by atoms with Crippen LogP contribution < -0.4 is 41.8 Å². The van der Waals surface area contributed by atoms with Crippen LogP contribution in [0, 0.1) is 0 Å². The van der Waals surface area contributed by atoms with Crippen molar-refractivity contribution in [2.45, 2.75) is 142 Å². The second-order valence-electron chi connectivity index (χ2n) is 16.3. The molecular formula is C42H69BrN8O10. The van der Waals surface area contributed by atoms with Crippen LogP contribution >= 0.6 is 15.9 Å². The monoisotopic (exact) mass is 924 g/mol. The average Bonchev–Trinajstić information content (AvgIpc) is 3.19. The largest absolute Gasteiger partial charge is 0.481 e. The number of nitrogen functional groups attached to an aromatic ring is 1. The summed E-state index contributed by atoms with van der Waals surface area (Å²) in [5, 5.41) is 16.1. The Balaban J connectivity index is 0.000000369. The summed E-state index contributed by atoms with van der Waals surface area (Å²) in [5.74, 6) is 1.77. The van der Waals surface area contributed by atoms with E-state index in [1.165, 1.54) is 0 Å². The van der Waals surface area contributed by atoms with E-state index in [0.29, 0.717) is 53.3 Å². The van der Waals surface area contributed by atoms with E-state index in [1.54, 1.807) is 46.3 Å². The molecule has 2 amide bonds. The van der Waals surface area contributed by atoms with Crippen molar-refractivity contribution in [3.8, 4) is 11.8 Å². The van der Waals surface area contributed by atoms with Crippen LogP contribution in [0.2, 0.25) is 0 Å². The quantitative estimate of drug-likeness (QED) is 0.0625. The molecule has 0 saturated heterocycles. The third kappa shape index (κ3) is 21.9. The van der Waals surface area contributed by atoms with Crippen molar-refractivity contribution in [2.24, 2.45) is 0 Å². The zero-order chi connectivity index (χ0) is 45.6. The molecule has 2 heterocycles. The Morgan fingerprint density at radius 1 is 0.656 bits per heavy atom. The molecule has 344 valence electrons. The van der Waals surface area contributed by atoms with Crippen molar-refractivity contribution >= 4 is 63.1 Å². The van der Waals surface area contributed by atoms with E-state index in [-0.39, 0.29) is 54.8 Å². The Morgan fingerprint density at radius 2 is 1.07 bits per heavy atom. The van der Waals surface area contributed by atoms with Gasteiger partial charge in [0, 0.05) is 36.3 Å². The number of halogens is 1. The Hall–Kier alpha value is -4.94. The number of pyridine rings is 2. The number of nitrogens with zero attached hydrogens (tertiary/aromatic N) is 2. The molecule has 19 heteroatoms. The lowest BCUT2D eigenvalue weighted by Gasteiger charge is -2.31. The molecule has 0 aliphatic heterocycles. The Labute approximate surface area is 369 Å². The van der Waals surface area contributed by atoms with Gasteiger partial charge in [0.15, 0.2) is 11.6 Å². The summed E-state index contributed by atoms with van der Waals surface area (Å²) in [6.07, 6.45) is 6.34. The molecular weight excluding hydrogens is 856 g/mol. The molecule has 0 atom stereocenters. The van der Waals surface area contributed by atoms with Crippen LogP contribution in [0.15, 0.2) is 24.3 Å². The van der Waals surface area contributed by atoms with Crippen molar-refractivity contribution < 1.29 is 47.6 Å². The molecule has 0 radical (unpaired) electrons. The number of methoxy groups -OCH3 is 2. The molecule has 4 rings (SSSR count). The number of alkyl halides is 1. The van der Waals surface area contributed by atoms with E-state index in [0.717, 1.165) is 51.4 Å². The van der Waals surface area contributed by atoms with Crippen LogP contribution in [0.4, 0.5) is 32.6 Å². The van der Waals surface area contributed by atoms with E-state index in [4.69, 9.17) is 29.4 Å². The normalized spacial score (nSPS) is 18.5. The lowest BCUT2D eigenvalue weighted by molar-refractivity contribution is -0.141. The van der Waals surface area contributed by atoms with Gasteiger partial charge >= 0.3 is 24.1 Å². The Bertz CT molecular complexity index is 1660. The molecule has 7 N–H and O–H groups in total. The third-order valence-electron chi connectivity index (χ3n) is 8.91. The van der Waals surface area contributed by atoms with Gasteiger partial charge < -0.3 is 60.7 Å². The van der Waals surface area contributed by atoms with Crippen molar-refractivity contribution in [3.05, 3.63) is 24.3 Å². The van der Waals surface area contributed by atoms with Crippen LogP contribution in [0.25, 0.3) is 0 Å². The number of nitrogens with one attached hydrogen (secondary N) is 5. The van der Waals surface area contributed by atoms with Gasteiger partial charge in [0.25, 0.3) is 0 Å². The fraction of sp³-hybridized carbons (Fsp3) is 0.667. The van der Waals surface area contributed by atoms with Crippen LogP contribution in [0.3, 0.4) is 0 Å². The van der Waals surface area contributed by atoms with Crippen LogP contribution in [0.1, 0.15) is 107 Å². The summed E-state index contributed by atoms with van der Waals surface area (Å²) in [7, 11) is 3.14. The minimum Gasteiger partial charge on any atom is -0.481 e. The number of anilines is 4. The summed E-state index contributed by atoms with van der Waals surface area (Å²) < 4.78 is 30.5. The highest BCUT2D eigenvalue weighted by Crippen LogP contribution is 2.29. The standard InChI is InChI=1S/C21H34N4O5.C17H28N4O3.C4H7BrO2/c1-6-29-18(26)13-22-16-11-12-17(28-5)25-19(16)23-14-7-9-15(10-8-14)24-20(27)30-21(2,3)4;1-17(2,3)24-16(22)20-12-7-5-11(6-8-12)19-15-13(18)9-10-14(21-15)23-4;1-2-7-4(6)3-5/h11-12,14-15,22H,6-10,13H2,1-5H3,(H,23,25)(H,24,27);9-12H,5-8,18H2,1-4H3,(H,19,21)(H,20,22);2-3H2,1H3. The van der Waals surface area contributed by atoms with Crippen molar-refractivity contribution in [3.63, 3.8) is 0 Å². The van der Waals surface area contributed by atoms with Gasteiger partial charge in [-0.05, 0) is 119 Å². The highest BCUT2D eigenvalue weighted by Gasteiger charge is 2.27. The predicted octanol–water partition coefficient (Wildman–Crippen LogP) is 7.18. The van der Waals surface area contributed by atoms with E-state index >= 15 is 0 Å². The first-order chi connectivity index (χ1) is 28.8. The smallest absolute Gasteiger partial charge is 0.407 e. The van der Waals surface area contributed by atoms with Gasteiger partial charge in [0.2, 0.25) is 11.8 Å². The molecule has 2 saturated carbocycles. The van der Waals surface area contributed by atoms with Gasteiger partial charge in [0.05, 0.1) is 38.8 Å². The van der Waals surface area contributed by atoms with E-state index in [1.807, 2.05) is 47.6 Å². The SMILES string of the molecule is CCOC(=O)CBr.CCOC(=O)CNc1ccc(OC)nc1NC1CCC(NC(=O)OC(C)(C)C)CC1.COc1ccc(N)c(NC2CCC(NC(=O)OC(C)(C)C)CC2)n1. The summed E-state index contributed by atoms with van der Waals surface area (Å²) in [6, 6.07) is 7.80. The van der Waals surface area contributed by atoms with Gasteiger partial charge in [-0.1, -0.05) is 15.9 Å². The molecule has 2 fully saturated rings. The lowest BCUT2D eigenvalue weighted by Crippen LogP contribution is -2.42. The molecule has 0 unspecified atom stereocenters. The van der Waals surface area contributed by atoms with Crippen LogP contribution in [0.5, 0.6) is 11.8 Å². The molecule has 2 aromatic heterocycles. The highest BCUT2D eigenvalue weighted by atomic mass is 79.9. The van der Waals surface area contributed by atoms with E-state index in [2.05, 4.69) is 57.2 Å². The number of ether oxygens (including phenoxy) is 6. The molecule has 0 aromatic carbocycles. The van der Waals surface area contributed by atoms with Crippen molar-refractivity contribution in [1.82, 2.24) is 20.6 Å². The Morgan fingerprint density at radius 3 is 1.48 bits per heavy atom.